The van der Waals surface area contributed by atoms with Crippen molar-refractivity contribution >= 4 is 24.0 Å². The zero-order chi connectivity index (χ0) is 7.28. The molecule has 0 heterocycles. The molecule has 0 rings (SSSR count). The highest BCUT2D eigenvalue weighted by Crippen LogP contribution is 2.01. The van der Waals surface area contributed by atoms with E-state index >= 15 is 0 Å². The average molecular weight is 151 g/mol. The second-order valence-electron chi connectivity index (χ2n) is 1.41. The van der Waals surface area contributed by atoms with Crippen LogP contribution in [0.15, 0.2) is 0 Å². The SMILES string of the molecule is CCC(Cl)C(=O)OC=O. The summed E-state index contributed by atoms with van der Waals surface area (Å²) < 4.78 is 3.94. The predicted molar refractivity (Wildman–Crippen MR) is 32.1 cm³/mol. The molecule has 0 saturated heterocycles. The molecule has 0 N–H and O–H groups in total. The molecular formula is C5H7ClO3. The van der Waals surface area contributed by atoms with Gasteiger partial charge < -0.3 is 4.74 Å². The predicted octanol–water partition coefficient (Wildman–Crippen LogP) is 0.703. The van der Waals surface area contributed by atoms with Gasteiger partial charge in [-0.2, -0.15) is 0 Å². The molecule has 0 spiro atoms. The van der Waals surface area contributed by atoms with Crippen molar-refractivity contribution in [2.24, 2.45) is 0 Å². The topological polar surface area (TPSA) is 43.4 Å². The number of hydrogen-bond donors (Lipinski definition) is 0. The Morgan fingerprint density at radius 1 is 1.89 bits per heavy atom. The Bertz CT molecular complexity index is 113. The van der Waals surface area contributed by atoms with E-state index in [9.17, 15) is 9.59 Å². The first kappa shape index (κ1) is 8.43. The van der Waals surface area contributed by atoms with Crippen LogP contribution in [0.5, 0.6) is 0 Å². The fourth-order valence-corrected chi connectivity index (χ4v) is 0.339. The molecule has 0 aromatic carbocycles. The van der Waals surface area contributed by atoms with Gasteiger partial charge >= 0.3 is 12.4 Å². The van der Waals surface area contributed by atoms with Gasteiger partial charge in [0.2, 0.25) is 0 Å². The fraction of sp³-hybridized carbons (Fsp3) is 0.600. The number of hydrogen-bond acceptors (Lipinski definition) is 3. The van der Waals surface area contributed by atoms with Crippen molar-refractivity contribution in [2.75, 3.05) is 0 Å². The highest BCUT2D eigenvalue weighted by Gasteiger charge is 2.12. The maximum absolute atomic E-state index is 10.4. The molecule has 0 aliphatic heterocycles. The summed E-state index contributed by atoms with van der Waals surface area (Å²) in [6, 6.07) is 0. The first-order chi connectivity index (χ1) is 4.22. The van der Waals surface area contributed by atoms with Crippen LogP contribution in [-0.2, 0) is 14.3 Å². The lowest BCUT2D eigenvalue weighted by molar-refractivity contribution is -0.151. The van der Waals surface area contributed by atoms with E-state index in [1.54, 1.807) is 6.92 Å². The number of esters is 1. The Morgan fingerprint density at radius 3 is 2.78 bits per heavy atom. The summed E-state index contributed by atoms with van der Waals surface area (Å²) >= 11 is 5.36. The Kier molecular flexibility index (Phi) is 4.05. The zero-order valence-electron chi connectivity index (χ0n) is 4.96. The monoisotopic (exact) mass is 150 g/mol. The molecule has 0 amide bonds. The largest absolute Gasteiger partial charge is 0.394 e. The minimum absolute atomic E-state index is 0.0768. The molecule has 0 radical (unpaired) electrons. The molecule has 0 aromatic rings. The number of carbonyl (C=O) groups excluding carboxylic acids is 2. The van der Waals surface area contributed by atoms with Gasteiger partial charge in [-0.25, -0.2) is 4.79 Å². The van der Waals surface area contributed by atoms with Crippen molar-refractivity contribution in [1.82, 2.24) is 0 Å². The van der Waals surface area contributed by atoms with E-state index in [0.29, 0.717) is 6.42 Å². The maximum atomic E-state index is 10.4. The van der Waals surface area contributed by atoms with Gasteiger partial charge in [-0.05, 0) is 6.42 Å². The van der Waals surface area contributed by atoms with Crippen LogP contribution in [0.3, 0.4) is 0 Å². The smallest absolute Gasteiger partial charge is 0.331 e. The molecule has 1 atom stereocenters. The molecule has 0 saturated carbocycles. The van der Waals surface area contributed by atoms with Crippen LogP contribution in [-0.4, -0.2) is 17.8 Å². The van der Waals surface area contributed by atoms with Gasteiger partial charge in [-0.1, -0.05) is 6.92 Å². The quantitative estimate of drug-likeness (QED) is 0.258. The summed E-state index contributed by atoms with van der Waals surface area (Å²) in [7, 11) is 0. The van der Waals surface area contributed by atoms with Crippen LogP contribution < -0.4 is 0 Å². The molecule has 0 fully saturated rings. The van der Waals surface area contributed by atoms with Crippen molar-refractivity contribution in [2.45, 2.75) is 18.7 Å². The average Bonchev–Trinajstić information content (AvgIpc) is 1.87. The van der Waals surface area contributed by atoms with Crippen LogP contribution >= 0.6 is 11.6 Å². The highest BCUT2D eigenvalue weighted by molar-refractivity contribution is 6.30. The highest BCUT2D eigenvalue weighted by atomic mass is 35.5. The lowest BCUT2D eigenvalue weighted by atomic mass is 10.3. The van der Waals surface area contributed by atoms with E-state index in [-0.39, 0.29) is 6.47 Å². The number of halogens is 1. The zero-order valence-corrected chi connectivity index (χ0v) is 5.72. The molecule has 0 bridgehead atoms. The number of alkyl halides is 1. The van der Waals surface area contributed by atoms with Gasteiger partial charge in [0, 0.05) is 0 Å². The van der Waals surface area contributed by atoms with Crippen molar-refractivity contribution in [3.8, 4) is 0 Å². The molecule has 52 valence electrons. The van der Waals surface area contributed by atoms with Crippen molar-refractivity contribution in [3.63, 3.8) is 0 Å². The molecule has 4 heteroatoms. The second-order valence-corrected chi connectivity index (χ2v) is 1.94. The van der Waals surface area contributed by atoms with Crippen molar-refractivity contribution in [3.05, 3.63) is 0 Å². The Labute approximate surface area is 57.9 Å². The molecular weight excluding hydrogens is 144 g/mol. The Hall–Kier alpha value is -0.570. The molecule has 0 aliphatic carbocycles. The van der Waals surface area contributed by atoms with Crippen LogP contribution in [0.4, 0.5) is 0 Å². The number of ether oxygens (including phenoxy) is 1. The van der Waals surface area contributed by atoms with Crippen LogP contribution in [0.2, 0.25) is 0 Å². The Balaban J connectivity index is 3.58. The van der Waals surface area contributed by atoms with E-state index < -0.39 is 11.3 Å². The van der Waals surface area contributed by atoms with Crippen molar-refractivity contribution < 1.29 is 14.3 Å². The van der Waals surface area contributed by atoms with Gasteiger partial charge in [-0.3, -0.25) is 4.79 Å². The van der Waals surface area contributed by atoms with Crippen LogP contribution in [0, 0.1) is 0 Å². The molecule has 0 aromatic heterocycles. The molecule has 0 aliphatic rings. The summed E-state index contributed by atoms with van der Waals surface area (Å²) in [6.45, 7) is 1.80. The van der Waals surface area contributed by atoms with Gasteiger partial charge in [0.1, 0.15) is 5.38 Å². The number of carbonyl (C=O) groups is 2. The van der Waals surface area contributed by atoms with E-state index in [1.807, 2.05) is 0 Å². The standard InChI is InChI=1S/C5H7ClO3/c1-2-4(6)5(8)9-3-7/h3-4H,2H2,1H3. The lowest BCUT2D eigenvalue weighted by Crippen LogP contribution is -2.15. The van der Waals surface area contributed by atoms with E-state index in [0.717, 1.165) is 0 Å². The van der Waals surface area contributed by atoms with Gasteiger partial charge in [0.25, 0.3) is 0 Å². The second kappa shape index (κ2) is 4.32. The summed E-state index contributed by atoms with van der Waals surface area (Å²) in [5.41, 5.74) is 0. The van der Waals surface area contributed by atoms with Crippen LogP contribution in [0.25, 0.3) is 0 Å². The van der Waals surface area contributed by atoms with E-state index in [2.05, 4.69) is 4.74 Å². The fourth-order valence-electron chi connectivity index (χ4n) is 0.288. The normalized spacial score (nSPS) is 12.2. The summed E-state index contributed by atoms with van der Waals surface area (Å²) in [6.07, 6.45) is 0.466. The first-order valence-corrected chi connectivity index (χ1v) is 2.94. The first-order valence-electron chi connectivity index (χ1n) is 2.50. The van der Waals surface area contributed by atoms with Crippen LogP contribution in [0.1, 0.15) is 13.3 Å². The minimum Gasteiger partial charge on any atom is -0.394 e. The summed E-state index contributed by atoms with van der Waals surface area (Å²) in [4.78, 5) is 19.9. The van der Waals surface area contributed by atoms with E-state index in [1.165, 1.54) is 0 Å². The third-order valence-electron chi connectivity index (χ3n) is 0.778. The van der Waals surface area contributed by atoms with Gasteiger partial charge in [-0.15, -0.1) is 11.6 Å². The summed E-state index contributed by atoms with van der Waals surface area (Å²) in [5, 5.41) is -0.699. The third kappa shape index (κ3) is 3.08. The number of rotatable bonds is 3. The maximum Gasteiger partial charge on any atom is 0.331 e. The minimum atomic E-state index is -0.699. The lowest BCUT2D eigenvalue weighted by Gasteiger charge is -1.99. The van der Waals surface area contributed by atoms with E-state index in [4.69, 9.17) is 11.6 Å². The van der Waals surface area contributed by atoms with Crippen molar-refractivity contribution in [1.29, 1.82) is 0 Å². The Morgan fingerprint density at radius 2 is 2.44 bits per heavy atom. The third-order valence-corrected chi connectivity index (χ3v) is 1.27. The molecule has 1 unspecified atom stereocenters. The summed E-state index contributed by atoms with van der Waals surface area (Å²) in [5.74, 6) is -0.686. The van der Waals surface area contributed by atoms with Gasteiger partial charge in [0.15, 0.2) is 0 Å². The molecule has 9 heavy (non-hydrogen) atoms. The van der Waals surface area contributed by atoms with Gasteiger partial charge in [0.05, 0.1) is 0 Å². The molecule has 3 nitrogen and oxygen atoms in total.